The van der Waals surface area contributed by atoms with Gasteiger partial charge in [0.1, 0.15) is 0 Å². The molecule has 0 fully saturated rings. The van der Waals surface area contributed by atoms with E-state index in [1.165, 1.54) is 12.1 Å². The van der Waals surface area contributed by atoms with Gasteiger partial charge in [-0.05, 0) is 50.1 Å². The lowest BCUT2D eigenvalue weighted by Gasteiger charge is -2.08. The van der Waals surface area contributed by atoms with Crippen LogP contribution in [-0.2, 0) is 6.18 Å². The lowest BCUT2D eigenvalue weighted by atomic mass is 10.1. The topological polar surface area (TPSA) is 12.9 Å². The number of pyridine rings is 1. The Balaban J connectivity index is 2.41. The maximum Gasteiger partial charge on any atom is 0.416 e. The van der Waals surface area contributed by atoms with Crippen molar-refractivity contribution in [2.75, 3.05) is 0 Å². The Morgan fingerprint density at radius 2 is 1.61 bits per heavy atom. The summed E-state index contributed by atoms with van der Waals surface area (Å²) in [7, 11) is 0. The SMILES string of the molecule is FC(F)(F)c1ccc(-c2ncc(Br)cc2Br)cc1. The summed E-state index contributed by atoms with van der Waals surface area (Å²) in [5, 5.41) is 0. The molecule has 0 saturated carbocycles. The normalized spacial score (nSPS) is 11.6. The van der Waals surface area contributed by atoms with Gasteiger partial charge in [0.05, 0.1) is 11.3 Å². The highest BCUT2D eigenvalue weighted by molar-refractivity contribution is 9.11. The summed E-state index contributed by atoms with van der Waals surface area (Å²) in [5.41, 5.74) is 0.564. The average Bonchev–Trinajstić information content (AvgIpc) is 2.28. The van der Waals surface area contributed by atoms with Gasteiger partial charge in [-0.2, -0.15) is 13.2 Å². The number of nitrogens with zero attached hydrogens (tertiary/aromatic N) is 1. The predicted molar refractivity (Wildman–Crippen MR) is 70.1 cm³/mol. The molecule has 94 valence electrons. The van der Waals surface area contributed by atoms with Gasteiger partial charge in [0.25, 0.3) is 0 Å². The first-order chi connectivity index (χ1) is 8.38. The zero-order valence-corrected chi connectivity index (χ0v) is 12.0. The maximum absolute atomic E-state index is 12.4. The molecule has 0 spiro atoms. The molecule has 6 heteroatoms. The Morgan fingerprint density at radius 3 is 2.11 bits per heavy atom. The minimum Gasteiger partial charge on any atom is -0.254 e. The summed E-state index contributed by atoms with van der Waals surface area (Å²) in [6.45, 7) is 0. The van der Waals surface area contributed by atoms with Crippen molar-refractivity contribution in [3.05, 3.63) is 51.0 Å². The summed E-state index contributed by atoms with van der Waals surface area (Å²) in [6, 6.07) is 6.70. The van der Waals surface area contributed by atoms with Crippen LogP contribution in [0.2, 0.25) is 0 Å². The van der Waals surface area contributed by atoms with Crippen molar-refractivity contribution in [3.8, 4) is 11.3 Å². The van der Waals surface area contributed by atoms with Crippen LogP contribution in [0.15, 0.2) is 45.5 Å². The van der Waals surface area contributed by atoms with Crippen molar-refractivity contribution in [2.24, 2.45) is 0 Å². The van der Waals surface area contributed by atoms with Gasteiger partial charge < -0.3 is 0 Å². The van der Waals surface area contributed by atoms with E-state index < -0.39 is 11.7 Å². The smallest absolute Gasteiger partial charge is 0.254 e. The summed E-state index contributed by atoms with van der Waals surface area (Å²) in [5.74, 6) is 0. The van der Waals surface area contributed by atoms with E-state index in [9.17, 15) is 13.2 Å². The van der Waals surface area contributed by atoms with Gasteiger partial charge in [-0.1, -0.05) is 12.1 Å². The number of hydrogen-bond donors (Lipinski definition) is 0. The highest BCUT2D eigenvalue weighted by Gasteiger charge is 2.30. The number of rotatable bonds is 1. The fourth-order valence-corrected chi connectivity index (χ4v) is 2.66. The Hall–Kier alpha value is -0.880. The van der Waals surface area contributed by atoms with Crippen LogP contribution in [0.1, 0.15) is 5.56 Å². The molecule has 0 N–H and O–H groups in total. The largest absolute Gasteiger partial charge is 0.416 e. The summed E-state index contributed by atoms with van der Waals surface area (Å²) < 4.78 is 38.8. The lowest BCUT2D eigenvalue weighted by Crippen LogP contribution is -2.04. The van der Waals surface area contributed by atoms with Crippen LogP contribution < -0.4 is 0 Å². The third kappa shape index (κ3) is 2.92. The molecule has 2 rings (SSSR count). The number of benzene rings is 1. The Labute approximate surface area is 118 Å². The van der Waals surface area contributed by atoms with E-state index >= 15 is 0 Å². The molecule has 1 heterocycles. The summed E-state index contributed by atoms with van der Waals surface area (Å²) in [6.07, 6.45) is -2.72. The minimum absolute atomic E-state index is 0.604. The Bertz CT molecular complexity index is 565. The third-order valence-electron chi connectivity index (χ3n) is 2.29. The second-order valence-electron chi connectivity index (χ2n) is 3.56. The van der Waals surface area contributed by atoms with Crippen LogP contribution in [0.25, 0.3) is 11.3 Å². The second-order valence-corrected chi connectivity index (χ2v) is 5.33. The second kappa shape index (κ2) is 5.01. The summed E-state index contributed by atoms with van der Waals surface area (Å²) in [4.78, 5) is 4.16. The lowest BCUT2D eigenvalue weighted by molar-refractivity contribution is -0.137. The van der Waals surface area contributed by atoms with Gasteiger partial charge in [-0.15, -0.1) is 0 Å². The quantitative estimate of drug-likeness (QED) is 0.654. The van der Waals surface area contributed by atoms with E-state index in [1.54, 1.807) is 12.3 Å². The molecular formula is C12H6Br2F3N. The van der Waals surface area contributed by atoms with Crippen LogP contribution in [0.3, 0.4) is 0 Å². The number of hydrogen-bond acceptors (Lipinski definition) is 1. The van der Waals surface area contributed by atoms with Gasteiger partial charge in [0, 0.05) is 20.7 Å². The summed E-state index contributed by atoms with van der Waals surface area (Å²) >= 11 is 6.59. The van der Waals surface area contributed by atoms with Crippen LogP contribution in [0.4, 0.5) is 13.2 Å². The molecule has 0 aliphatic carbocycles. The first-order valence-corrected chi connectivity index (χ1v) is 6.45. The maximum atomic E-state index is 12.4. The molecule has 0 saturated heterocycles. The average molecular weight is 381 g/mol. The van der Waals surface area contributed by atoms with Crippen molar-refractivity contribution in [1.29, 1.82) is 0 Å². The molecular weight excluding hydrogens is 375 g/mol. The Morgan fingerprint density at radius 1 is 1.00 bits per heavy atom. The van der Waals surface area contributed by atoms with E-state index in [1.807, 2.05) is 0 Å². The van der Waals surface area contributed by atoms with Crippen molar-refractivity contribution >= 4 is 31.9 Å². The highest BCUT2D eigenvalue weighted by atomic mass is 79.9. The van der Waals surface area contributed by atoms with E-state index in [0.29, 0.717) is 11.3 Å². The van der Waals surface area contributed by atoms with Crippen molar-refractivity contribution < 1.29 is 13.2 Å². The van der Waals surface area contributed by atoms with Crippen LogP contribution >= 0.6 is 31.9 Å². The van der Waals surface area contributed by atoms with Gasteiger partial charge >= 0.3 is 6.18 Å². The molecule has 1 aromatic heterocycles. The van der Waals surface area contributed by atoms with Gasteiger partial charge in [0.15, 0.2) is 0 Å². The van der Waals surface area contributed by atoms with E-state index in [4.69, 9.17) is 0 Å². The molecule has 0 atom stereocenters. The van der Waals surface area contributed by atoms with Gasteiger partial charge in [-0.3, -0.25) is 4.98 Å². The first-order valence-electron chi connectivity index (χ1n) is 4.86. The van der Waals surface area contributed by atoms with Crippen LogP contribution in [0.5, 0.6) is 0 Å². The molecule has 2 aromatic rings. The number of aromatic nitrogens is 1. The molecule has 0 amide bonds. The standard InChI is InChI=1S/C12H6Br2F3N/c13-9-5-10(14)11(18-6-9)7-1-3-8(4-2-7)12(15,16)17/h1-6H. The zero-order chi connectivity index (χ0) is 13.3. The molecule has 0 radical (unpaired) electrons. The fourth-order valence-electron chi connectivity index (χ4n) is 1.44. The Kier molecular flexibility index (Phi) is 3.77. The monoisotopic (exact) mass is 379 g/mol. The predicted octanol–water partition coefficient (Wildman–Crippen LogP) is 5.29. The van der Waals surface area contributed by atoms with E-state index in [0.717, 1.165) is 21.1 Å². The van der Waals surface area contributed by atoms with Crippen molar-refractivity contribution in [2.45, 2.75) is 6.18 Å². The number of alkyl halides is 3. The highest BCUT2D eigenvalue weighted by Crippen LogP contribution is 2.32. The van der Waals surface area contributed by atoms with E-state index in [-0.39, 0.29) is 0 Å². The third-order valence-corrected chi connectivity index (χ3v) is 3.33. The van der Waals surface area contributed by atoms with Crippen LogP contribution in [-0.4, -0.2) is 4.98 Å². The molecule has 0 bridgehead atoms. The first kappa shape index (κ1) is 13.5. The minimum atomic E-state index is -4.32. The van der Waals surface area contributed by atoms with Crippen molar-refractivity contribution in [1.82, 2.24) is 4.98 Å². The van der Waals surface area contributed by atoms with Crippen molar-refractivity contribution in [3.63, 3.8) is 0 Å². The molecule has 0 unspecified atom stereocenters. The van der Waals surface area contributed by atoms with Gasteiger partial charge in [0.2, 0.25) is 0 Å². The molecule has 1 nitrogen and oxygen atoms in total. The molecule has 18 heavy (non-hydrogen) atoms. The van der Waals surface area contributed by atoms with Gasteiger partial charge in [-0.25, -0.2) is 0 Å². The fraction of sp³-hybridized carbons (Fsp3) is 0.0833. The number of halogens is 5. The zero-order valence-electron chi connectivity index (χ0n) is 8.80. The van der Waals surface area contributed by atoms with E-state index in [2.05, 4.69) is 36.8 Å². The molecule has 0 aliphatic rings. The molecule has 0 aliphatic heterocycles. The molecule has 1 aromatic carbocycles. The van der Waals surface area contributed by atoms with Crippen LogP contribution in [0, 0.1) is 0 Å².